The molecule has 0 saturated carbocycles. The van der Waals surface area contributed by atoms with Crippen LogP contribution in [0.3, 0.4) is 0 Å². The number of rotatable bonds is 3. The second-order valence-electron chi connectivity index (χ2n) is 6.32. The van der Waals surface area contributed by atoms with E-state index in [1.807, 2.05) is 0 Å². The van der Waals surface area contributed by atoms with Gasteiger partial charge in [-0.05, 0) is 19.9 Å². The first-order valence-electron chi connectivity index (χ1n) is 7.22. The van der Waals surface area contributed by atoms with E-state index in [-0.39, 0.29) is 37.8 Å². The normalized spacial score (nSPS) is 19.5. The lowest BCUT2D eigenvalue weighted by Gasteiger charge is -2.45. The SMILES string of the molecule is CC1(C)CN(c2nc(CN)cc(C(F)(F)F)n2)CCN1S(C)(=O)=O. The number of nitrogens with zero attached hydrogens (tertiary/aromatic N) is 4. The summed E-state index contributed by atoms with van der Waals surface area (Å²) < 4.78 is 64.0. The van der Waals surface area contributed by atoms with Crippen LogP contribution in [0, 0.1) is 0 Å². The molecule has 0 radical (unpaired) electrons. The van der Waals surface area contributed by atoms with E-state index in [1.54, 1.807) is 18.7 Å². The third-order valence-corrected chi connectivity index (χ3v) is 5.25. The van der Waals surface area contributed by atoms with Crippen LogP contribution < -0.4 is 10.6 Å². The molecule has 1 aliphatic rings. The van der Waals surface area contributed by atoms with E-state index in [4.69, 9.17) is 5.73 Å². The van der Waals surface area contributed by atoms with Gasteiger partial charge in [0.25, 0.3) is 0 Å². The summed E-state index contributed by atoms with van der Waals surface area (Å²) in [4.78, 5) is 9.21. The van der Waals surface area contributed by atoms with Crippen LogP contribution >= 0.6 is 0 Å². The minimum absolute atomic E-state index is 0.0793. The third kappa shape index (κ3) is 3.95. The molecule has 2 rings (SSSR count). The van der Waals surface area contributed by atoms with Crippen LogP contribution in [-0.2, 0) is 22.7 Å². The van der Waals surface area contributed by atoms with Crippen molar-refractivity contribution in [2.24, 2.45) is 5.73 Å². The van der Waals surface area contributed by atoms with Crippen molar-refractivity contribution < 1.29 is 21.6 Å². The van der Waals surface area contributed by atoms with Gasteiger partial charge in [-0.1, -0.05) is 0 Å². The van der Waals surface area contributed by atoms with E-state index in [0.29, 0.717) is 0 Å². The van der Waals surface area contributed by atoms with Crippen molar-refractivity contribution in [1.82, 2.24) is 14.3 Å². The maximum absolute atomic E-state index is 13.0. The third-order valence-electron chi connectivity index (χ3n) is 3.78. The molecule has 1 fully saturated rings. The number of aromatic nitrogens is 2. The first-order chi connectivity index (χ1) is 10.8. The Morgan fingerprint density at radius 3 is 2.38 bits per heavy atom. The van der Waals surface area contributed by atoms with Gasteiger partial charge < -0.3 is 10.6 Å². The number of nitrogens with two attached hydrogens (primary N) is 1. The van der Waals surface area contributed by atoms with Gasteiger partial charge in [0.15, 0.2) is 0 Å². The van der Waals surface area contributed by atoms with E-state index in [0.717, 1.165) is 12.3 Å². The highest BCUT2D eigenvalue weighted by molar-refractivity contribution is 7.88. The van der Waals surface area contributed by atoms with Gasteiger partial charge in [0.2, 0.25) is 16.0 Å². The Labute approximate surface area is 138 Å². The van der Waals surface area contributed by atoms with Gasteiger partial charge in [-0.25, -0.2) is 18.4 Å². The van der Waals surface area contributed by atoms with Crippen LogP contribution in [0.1, 0.15) is 25.2 Å². The monoisotopic (exact) mass is 367 g/mol. The molecule has 0 atom stereocenters. The minimum atomic E-state index is -4.61. The van der Waals surface area contributed by atoms with E-state index < -0.39 is 27.4 Å². The Hall–Kier alpha value is -1.46. The summed E-state index contributed by atoms with van der Waals surface area (Å²) in [6.45, 7) is 3.78. The Bertz CT molecular complexity index is 721. The lowest BCUT2D eigenvalue weighted by atomic mass is 10.0. The standard InChI is InChI=1S/C13H20F3N5O2S/c1-12(2)8-20(4-5-21(12)24(3,22)23)11-18-9(7-17)6-10(19-11)13(14,15)16/h6H,4-5,7-8,17H2,1-3H3. The zero-order valence-electron chi connectivity index (χ0n) is 13.6. The van der Waals surface area contributed by atoms with E-state index >= 15 is 0 Å². The van der Waals surface area contributed by atoms with Crippen molar-refractivity contribution >= 4 is 16.0 Å². The summed E-state index contributed by atoms with van der Waals surface area (Å²) in [7, 11) is -3.42. The Balaban J connectivity index is 2.37. The lowest BCUT2D eigenvalue weighted by molar-refractivity contribution is -0.141. The fourth-order valence-corrected chi connectivity index (χ4v) is 4.17. The van der Waals surface area contributed by atoms with Crippen molar-refractivity contribution in [2.45, 2.75) is 32.1 Å². The predicted octanol–water partition coefficient (Wildman–Crippen LogP) is 0.814. The van der Waals surface area contributed by atoms with Crippen molar-refractivity contribution in [2.75, 3.05) is 30.8 Å². The molecular formula is C13H20F3N5O2S. The zero-order valence-corrected chi connectivity index (χ0v) is 14.4. The van der Waals surface area contributed by atoms with Crippen molar-refractivity contribution in [3.63, 3.8) is 0 Å². The highest BCUT2D eigenvalue weighted by Gasteiger charge is 2.40. The van der Waals surface area contributed by atoms with Gasteiger partial charge in [-0.15, -0.1) is 0 Å². The first-order valence-corrected chi connectivity index (χ1v) is 9.07. The van der Waals surface area contributed by atoms with E-state index in [2.05, 4.69) is 9.97 Å². The van der Waals surface area contributed by atoms with E-state index in [9.17, 15) is 21.6 Å². The van der Waals surface area contributed by atoms with Crippen LogP contribution in [-0.4, -0.2) is 54.1 Å². The molecule has 1 aliphatic heterocycles. The molecule has 1 aromatic heterocycles. The quantitative estimate of drug-likeness (QED) is 0.850. The fourth-order valence-electron chi connectivity index (χ4n) is 2.80. The molecule has 2 heterocycles. The van der Waals surface area contributed by atoms with Crippen LogP contribution in [0.4, 0.5) is 19.1 Å². The van der Waals surface area contributed by atoms with E-state index in [1.165, 1.54) is 4.31 Å². The number of anilines is 1. The molecular weight excluding hydrogens is 347 g/mol. The maximum atomic E-state index is 13.0. The summed E-state index contributed by atoms with van der Waals surface area (Å²) in [6, 6.07) is 0.821. The minimum Gasteiger partial charge on any atom is -0.338 e. The zero-order chi connectivity index (χ0) is 18.3. The van der Waals surface area contributed by atoms with Crippen LogP contribution in [0.2, 0.25) is 0 Å². The maximum Gasteiger partial charge on any atom is 0.433 e. The summed E-state index contributed by atoms with van der Waals surface area (Å²) in [5.41, 5.74) is 3.65. The molecule has 0 bridgehead atoms. The molecule has 24 heavy (non-hydrogen) atoms. The second-order valence-corrected chi connectivity index (χ2v) is 8.22. The van der Waals surface area contributed by atoms with Crippen LogP contribution in [0.15, 0.2) is 6.07 Å². The Morgan fingerprint density at radius 2 is 1.92 bits per heavy atom. The molecule has 0 aromatic carbocycles. The van der Waals surface area contributed by atoms with Crippen LogP contribution in [0.5, 0.6) is 0 Å². The number of hydrogen-bond acceptors (Lipinski definition) is 6. The van der Waals surface area contributed by atoms with Crippen molar-refractivity contribution in [3.8, 4) is 0 Å². The summed E-state index contributed by atoms with van der Waals surface area (Å²) >= 11 is 0. The van der Waals surface area contributed by atoms with Gasteiger partial charge in [-0.2, -0.15) is 17.5 Å². The molecule has 7 nitrogen and oxygen atoms in total. The second kappa shape index (κ2) is 6.12. The number of alkyl halides is 3. The number of hydrogen-bond donors (Lipinski definition) is 1. The molecule has 0 aliphatic carbocycles. The highest BCUT2D eigenvalue weighted by atomic mass is 32.2. The molecule has 1 aromatic rings. The van der Waals surface area contributed by atoms with Gasteiger partial charge >= 0.3 is 6.18 Å². The van der Waals surface area contributed by atoms with Gasteiger partial charge in [0, 0.05) is 31.7 Å². The molecule has 1 saturated heterocycles. The van der Waals surface area contributed by atoms with Gasteiger partial charge in [-0.3, -0.25) is 0 Å². The molecule has 0 unspecified atom stereocenters. The van der Waals surface area contributed by atoms with Gasteiger partial charge in [0.05, 0.1) is 11.9 Å². The summed E-state index contributed by atoms with van der Waals surface area (Å²) in [5, 5.41) is 0. The smallest absolute Gasteiger partial charge is 0.338 e. The average molecular weight is 367 g/mol. The summed E-state index contributed by atoms with van der Waals surface area (Å²) in [5.74, 6) is -0.0912. The Morgan fingerprint density at radius 1 is 1.29 bits per heavy atom. The molecule has 2 N–H and O–H groups in total. The molecule has 0 amide bonds. The average Bonchev–Trinajstić information content (AvgIpc) is 2.43. The summed E-state index contributed by atoms with van der Waals surface area (Å²) in [6.07, 6.45) is -3.50. The number of piperazine rings is 1. The molecule has 136 valence electrons. The first kappa shape index (κ1) is 18.9. The topological polar surface area (TPSA) is 92.4 Å². The molecule has 0 spiro atoms. The number of halogens is 3. The molecule has 11 heteroatoms. The lowest BCUT2D eigenvalue weighted by Crippen LogP contribution is -2.61. The largest absolute Gasteiger partial charge is 0.433 e. The Kier molecular flexibility index (Phi) is 4.81. The van der Waals surface area contributed by atoms with Crippen molar-refractivity contribution in [3.05, 3.63) is 17.5 Å². The highest BCUT2D eigenvalue weighted by Crippen LogP contribution is 2.31. The number of sulfonamides is 1. The van der Waals surface area contributed by atoms with Crippen molar-refractivity contribution in [1.29, 1.82) is 0 Å². The predicted molar refractivity (Wildman–Crippen MR) is 82.8 cm³/mol. The van der Waals surface area contributed by atoms with Gasteiger partial charge in [0.1, 0.15) is 5.69 Å². The fraction of sp³-hybridized carbons (Fsp3) is 0.692. The van der Waals surface area contributed by atoms with Crippen LogP contribution in [0.25, 0.3) is 0 Å².